The second kappa shape index (κ2) is 10.6. The van der Waals surface area contributed by atoms with Gasteiger partial charge < -0.3 is 9.84 Å². The molecule has 0 saturated carbocycles. The van der Waals surface area contributed by atoms with E-state index in [4.69, 9.17) is 4.74 Å². The molecule has 1 unspecified atom stereocenters. The number of hydrogen-bond donors (Lipinski definition) is 1. The first kappa shape index (κ1) is 23.0. The van der Waals surface area contributed by atoms with Gasteiger partial charge in [-0.15, -0.1) is 0 Å². The maximum absolute atomic E-state index is 10.0. The lowest BCUT2D eigenvalue weighted by Crippen LogP contribution is -2.20. The van der Waals surface area contributed by atoms with Crippen molar-refractivity contribution in [3.8, 4) is 5.75 Å². The minimum atomic E-state index is -0.00577. The second-order valence-electron chi connectivity index (χ2n) is 8.55. The van der Waals surface area contributed by atoms with Crippen LogP contribution in [0, 0.1) is 12.8 Å². The highest BCUT2D eigenvalue weighted by Crippen LogP contribution is 2.33. The van der Waals surface area contributed by atoms with Crippen molar-refractivity contribution in [2.75, 3.05) is 13.1 Å². The van der Waals surface area contributed by atoms with E-state index in [9.17, 15) is 5.11 Å². The predicted octanol–water partition coefficient (Wildman–Crippen LogP) is 5.53. The Hall–Kier alpha value is -2.69. The molecule has 2 aromatic rings. The number of rotatable bonds is 9. The molecular formula is C27H34N2O2. The average molecular weight is 419 g/mol. The van der Waals surface area contributed by atoms with Crippen LogP contribution < -0.4 is 4.74 Å². The van der Waals surface area contributed by atoms with Gasteiger partial charge in [-0.3, -0.25) is 9.88 Å². The fraction of sp³-hybridized carbons (Fsp3) is 0.370. The van der Waals surface area contributed by atoms with Gasteiger partial charge in [0.25, 0.3) is 0 Å². The minimum absolute atomic E-state index is 0.00577. The quantitative estimate of drug-likeness (QED) is 0.429. The molecule has 31 heavy (non-hydrogen) atoms. The monoisotopic (exact) mass is 418 g/mol. The van der Waals surface area contributed by atoms with Crippen LogP contribution in [0.5, 0.6) is 5.75 Å². The van der Waals surface area contributed by atoms with Crippen molar-refractivity contribution in [3.63, 3.8) is 0 Å². The van der Waals surface area contributed by atoms with Gasteiger partial charge in [0.1, 0.15) is 11.5 Å². The van der Waals surface area contributed by atoms with E-state index in [1.807, 2.05) is 24.4 Å². The average Bonchev–Trinajstić information content (AvgIpc) is 3.23. The Labute approximate surface area is 186 Å². The molecule has 1 aliphatic rings. The standard InChI is InChI=1S/C27H34N2O2/c1-6-25(19(3)4)27(7-2)31-24-10-11-26(22(14-24)18-30)21-12-13-29(16-21)17-23-9-8-20(5)15-28-23/h6-11,14-15,19,21,30H,1-2,12-13,16-18H2,3-5H3/b27-25-. The first-order valence-corrected chi connectivity index (χ1v) is 11.0. The maximum atomic E-state index is 10.0. The first-order chi connectivity index (χ1) is 14.9. The van der Waals surface area contributed by atoms with Crippen LogP contribution >= 0.6 is 0 Å². The smallest absolute Gasteiger partial charge is 0.130 e. The molecule has 1 aromatic heterocycles. The third-order valence-electron chi connectivity index (χ3n) is 5.89. The van der Waals surface area contributed by atoms with Gasteiger partial charge in [-0.25, -0.2) is 0 Å². The predicted molar refractivity (Wildman–Crippen MR) is 127 cm³/mol. The number of aliphatic hydroxyl groups is 1. The van der Waals surface area contributed by atoms with E-state index in [1.54, 1.807) is 6.08 Å². The largest absolute Gasteiger partial charge is 0.457 e. The van der Waals surface area contributed by atoms with E-state index in [0.29, 0.717) is 17.4 Å². The summed E-state index contributed by atoms with van der Waals surface area (Å²) in [5, 5.41) is 10.0. The lowest BCUT2D eigenvalue weighted by Gasteiger charge is -2.19. The summed E-state index contributed by atoms with van der Waals surface area (Å²) in [5.41, 5.74) is 5.42. The van der Waals surface area contributed by atoms with Gasteiger partial charge in [-0.2, -0.15) is 0 Å². The molecule has 1 atom stereocenters. The van der Waals surface area contributed by atoms with Crippen molar-refractivity contribution >= 4 is 0 Å². The fourth-order valence-corrected chi connectivity index (χ4v) is 4.20. The number of aryl methyl sites for hydroxylation is 1. The van der Waals surface area contributed by atoms with Gasteiger partial charge in [0, 0.05) is 19.3 Å². The van der Waals surface area contributed by atoms with Crippen molar-refractivity contribution in [2.24, 2.45) is 5.92 Å². The van der Waals surface area contributed by atoms with Crippen LogP contribution in [0.25, 0.3) is 0 Å². The minimum Gasteiger partial charge on any atom is -0.457 e. The molecule has 0 spiro atoms. The molecule has 1 fully saturated rings. The van der Waals surface area contributed by atoms with Gasteiger partial charge in [-0.1, -0.05) is 45.2 Å². The number of ether oxygens (including phenoxy) is 1. The van der Waals surface area contributed by atoms with Crippen LogP contribution in [0.1, 0.15) is 48.6 Å². The molecule has 4 heteroatoms. The first-order valence-electron chi connectivity index (χ1n) is 11.0. The second-order valence-corrected chi connectivity index (χ2v) is 8.55. The summed E-state index contributed by atoms with van der Waals surface area (Å²) < 4.78 is 6.11. The lowest BCUT2D eigenvalue weighted by molar-refractivity contribution is 0.278. The van der Waals surface area contributed by atoms with E-state index in [2.05, 4.69) is 62.0 Å². The van der Waals surface area contributed by atoms with Crippen LogP contribution in [0.15, 0.2) is 73.2 Å². The Morgan fingerprint density at radius 1 is 1.26 bits per heavy atom. The summed E-state index contributed by atoms with van der Waals surface area (Å²) in [5.74, 6) is 2.10. The zero-order chi connectivity index (χ0) is 22.4. The van der Waals surface area contributed by atoms with Crippen LogP contribution in [0.4, 0.5) is 0 Å². The summed E-state index contributed by atoms with van der Waals surface area (Å²) in [6.45, 7) is 16.9. The van der Waals surface area contributed by atoms with E-state index in [-0.39, 0.29) is 12.5 Å². The third-order valence-corrected chi connectivity index (χ3v) is 5.89. The number of likely N-dealkylation sites (tertiary alicyclic amines) is 1. The summed E-state index contributed by atoms with van der Waals surface area (Å²) in [7, 11) is 0. The molecule has 0 radical (unpaired) electrons. The fourth-order valence-electron chi connectivity index (χ4n) is 4.20. The number of aromatic nitrogens is 1. The number of hydrogen-bond acceptors (Lipinski definition) is 4. The highest BCUT2D eigenvalue weighted by molar-refractivity contribution is 5.40. The van der Waals surface area contributed by atoms with Crippen molar-refractivity contribution in [2.45, 2.75) is 46.3 Å². The lowest BCUT2D eigenvalue weighted by atomic mass is 9.93. The molecule has 164 valence electrons. The molecule has 0 bridgehead atoms. The van der Waals surface area contributed by atoms with E-state index in [1.165, 1.54) is 11.1 Å². The molecule has 2 heterocycles. The zero-order valence-corrected chi connectivity index (χ0v) is 19.0. The van der Waals surface area contributed by atoms with Crippen LogP contribution in [-0.4, -0.2) is 28.1 Å². The summed E-state index contributed by atoms with van der Waals surface area (Å²) >= 11 is 0. The number of allylic oxidation sites excluding steroid dienone is 3. The number of aliphatic hydroxyl groups excluding tert-OH is 1. The highest BCUT2D eigenvalue weighted by atomic mass is 16.5. The van der Waals surface area contributed by atoms with Crippen LogP contribution in [0.2, 0.25) is 0 Å². The molecule has 4 nitrogen and oxygen atoms in total. The molecule has 1 aromatic carbocycles. The summed E-state index contributed by atoms with van der Waals surface area (Å²) in [6.07, 6.45) is 6.54. The van der Waals surface area contributed by atoms with E-state index < -0.39 is 0 Å². The van der Waals surface area contributed by atoms with Crippen molar-refractivity contribution in [3.05, 3.63) is 95.6 Å². The van der Waals surface area contributed by atoms with Crippen LogP contribution in [-0.2, 0) is 13.2 Å². The van der Waals surface area contributed by atoms with E-state index in [0.717, 1.165) is 42.9 Å². The Kier molecular flexibility index (Phi) is 7.83. The molecule has 1 saturated heterocycles. The van der Waals surface area contributed by atoms with Crippen molar-refractivity contribution in [1.29, 1.82) is 0 Å². The van der Waals surface area contributed by atoms with Gasteiger partial charge in [-0.05, 0) is 78.3 Å². The highest BCUT2D eigenvalue weighted by Gasteiger charge is 2.26. The Balaban J connectivity index is 1.73. The Morgan fingerprint density at radius 2 is 2.06 bits per heavy atom. The SMILES string of the molecule is C=C/C(Oc1ccc(C2CCN(Cc3ccc(C)cn3)C2)c(CO)c1)=C(\C=C)C(C)C. The van der Waals surface area contributed by atoms with E-state index >= 15 is 0 Å². The Morgan fingerprint density at radius 3 is 2.68 bits per heavy atom. The van der Waals surface area contributed by atoms with Gasteiger partial charge >= 0.3 is 0 Å². The molecule has 0 aliphatic carbocycles. The zero-order valence-electron chi connectivity index (χ0n) is 19.0. The molecular weight excluding hydrogens is 384 g/mol. The number of benzene rings is 1. The summed E-state index contributed by atoms with van der Waals surface area (Å²) in [6, 6.07) is 10.3. The molecule has 1 aliphatic heterocycles. The maximum Gasteiger partial charge on any atom is 0.130 e. The number of pyridine rings is 1. The summed E-state index contributed by atoms with van der Waals surface area (Å²) in [4.78, 5) is 6.97. The molecule has 3 rings (SSSR count). The van der Waals surface area contributed by atoms with Crippen LogP contribution in [0.3, 0.4) is 0 Å². The van der Waals surface area contributed by atoms with Crippen molar-refractivity contribution < 1.29 is 9.84 Å². The topological polar surface area (TPSA) is 45.6 Å². The molecule has 0 amide bonds. The third kappa shape index (κ3) is 5.72. The molecule has 1 N–H and O–H groups in total. The van der Waals surface area contributed by atoms with Gasteiger partial charge in [0.2, 0.25) is 0 Å². The number of nitrogens with zero attached hydrogens (tertiary/aromatic N) is 2. The van der Waals surface area contributed by atoms with Gasteiger partial charge in [0.05, 0.1) is 12.3 Å². The van der Waals surface area contributed by atoms with Crippen molar-refractivity contribution in [1.82, 2.24) is 9.88 Å². The normalized spacial score (nSPS) is 17.5. The van der Waals surface area contributed by atoms with Gasteiger partial charge in [0.15, 0.2) is 0 Å². The Bertz CT molecular complexity index is 944.